The van der Waals surface area contributed by atoms with E-state index in [0.717, 1.165) is 11.8 Å². The molecule has 3 aromatic rings. The number of hydrogen-bond donors (Lipinski definition) is 1. The minimum absolute atomic E-state index is 0.00525. The van der Waals surface area contributed by atoms with Gasteiger partial charge < -0.3 is 15.0 Å². The van der Waals surface area contributed by atoms with Gasteiger partial charge in [0, 0.05) is 32.5 Å². The summed E-state index contributed by atoms with van der Waals surface area (Å²) in [5.41, 5.74) is 1.96. The molecule has 0 aromatic heterocycles. The maximum Gasteiger partial charge on any atom is 0.243 e. The van der Waals surface area contributed by atoms with Crippen LogP contribution in [0.25, 0.3) is 0 Å². The fourth-order valence-corrected chi connectivity index (χ4v) is 5.52. The summed E-state index contributed by atoms with van der Waals surface area (Å²) < 4.78 is 45.9. The van der Waals surface area contributed by atoms with Crippen molar-refractivity contribution in [1.82, 2.24) is 10.2 Å². The zero-order valence-electron chi connectivity index (χ0n) is 23.8. The van der Waals surface area contributed by atoms with Gasteiger partial charge in [0.05, 0.1) is 18.6 Å². The zero-order chi connectivity index (χ0) is 29.8. The first kappa shape index (κ1) is 31.6. The largest absolute Gasteiger partial charge is 0.492 e. The number of carbonyl (C=O) groups is 2. The Balaban J connectivity index is 1.87. The van der Waals surface area contributed by atoms with Crippen LogP contribution in [0, 0.1) is 5.82 Å². The first-order chi connectivity index (χ1) is 19.6. The molecule has 1 N–H and O–H groups in total. The van der Waals surface area contributed by atoms with Gasteiger partial charge in [0.25, 0.3) is 0 Å². The molecule has 1 atom stereocenters. The van der Waals surface area contributed by atoms with Crippen molar-refractivity contribution in [3.63, 3.8) is 0 Å². The number of likely N-dealkylation sites (N-methyl/N-ethyl adjacent to an activating group) is 1. The van der Waals surface area contributed by atoms with Crippen molar-refractivity contribution >= 4 is 27.5 Å². The molecule has 3 aromatic carbocycles. The van der Waals surface area contributed by atoms with Gasteiger partial charge in [-0.2, -0.15) is 0 Å². The van der Waals surface area contributed by atoms with E-state index in [4.69, 9.17) is 4.74 Å². The summed E-state index contributed by atoms with van der Waals surface area (Å²) >= 11 is 0. The number of rotatable bonds is 15. The maximum atomic E-state index is 13.8. The van der Waals surface area contributed by atoms with Crippen LogP contribution in [-0.4, -0.2) is 57.1 Å². The number of sulfonamides is 1. The normalized spacial score (nSPS) is 11.9. The number of halogens is 1. The summed E-state index contributed by atoms with van der Waals surface area (Å²) in [6, 6.07) is 21.3. The smallest absolute Gasteiger partial charge is 0.243 e. The molecule has 0 heterocycles. The molecule has 220 valence electrons. The lowest BCUT2D eigenvalue weighted by molar-refractivity contribution is -0.141. The van der Waals surface area contributed by atoms with Crippen LogP contribution in [0.15, 0.2) is 78.9 Å². The molecule has 0 unspecified atom stereocenters. The average Bonchev–Trinajstić information content (AvgIpc) is 2.94. The summed E-state index contributed by atoms with van der Waals surface area (Å²) in [7, 11) is -3.68. The van der Waals surface area contributed by atoms with Gasteiger partial charge >= 0.3 is 0 Å². The first-order valence-corrected chi connectivity index (χ1v) is 15.5. The molecule has 3 rings (SSSR count). The van der Waals surface area contributed by atoms with Gasteiger partial charge in [0.15, 0.2) is 0 Å². The van der Waals surface area contributed by atoms with E-state index in [1.165, 1.54) is 21.3 Å². The minimum atomic E-state index is -3.68. The topological polar surface area (TPSA) is 96.0 Å². The number of para-hydroxylation sites is 2. The number of carbonyl (C=O) groups excluding carboxylic acids is 2. The van der Waals surface area contributed by atoms with Crippen LogP contribution in [0.4, 0.5) is 10.1 Å². The highest BCUT2D eigenvalue weighted by Crippen LogP contribution is 2.30. The minimum Gasteiger partial charge on any atom is -0.492 e. The number of nitrogens with zero attached hydrogens (tertiary/aromatic N) is 2. The van der Waals surface area contributed by atoms with Crippen molar-refractivity contribution in [3.8, 4) is 5.75 Å². The lowest BCUT2D eigenvalue weighted by Crippen LogP contribution is -2.50. The highest BCUT2D eigenvalue weighted by molar-refractivity contribution is 7.92. The summed E-state index contributed by atoms with van der Waals surface area (Å²) in [6.45, 7) is 4.53. The van der Waals surface area contributed by atoms with Gasteiger partial charge in [-0.3, -0.25) is 13.9 Å². The lowest BCUT2D eigenvalue weighted by atomic mass is 10.0. The fourth-order valence-electron chi connectivity index (χ4n) is 4.56. The zero-order valence-corrected chi connectivity index (χ0v) is 24.6. The Morgan fingerprint density at radius 2 is 1.59 bits per heavy atom. The van der Waals surface area contributed by atoms with Gasteiger partial charge in [-0.1, -0.05) is 54.6 Å². The van der Waals surface area contributed by atoms with E-state index >= 15 is 0 Å². The second kappa shape index (κ2) is 15.2. The number of benzene rings is 3. The predicted molar refractivity (Wildman–Crippen MR) is 159 cm³/mol. The van der Waals surface area contributed by atoms with E-state index in [-0.39, 0.29) is 44.2 Å². The second-order valence-corrected chi connectivity index (χ2v) is 11.5. The molecule has 0 spiro atoms. The van der Waals surface area contributed by atoms with Crippen LogP contribution in [0.1, 0.15) is 37.8 Å². The number of amides is 2. The molecule has 8 nitrogen and oxygen atoms in total. The molecule has 0 radical (unpaired) electrons. The molecule has 0 bridgehead atoms. The van der Waals surface area contributed by atoms with Gasteiger partial charge in [-0.15, -0.1) is 0 Å². The Morgan fingerprint density at radius 3 is 2.22 bits per heavy atom. The van der Waals surface area contributed by atoms with E-state index in [1.54, 1.807) is 36.4 Å². The summed E-state index contributed by atoms with van der Waals surface area (Å²) in [4.78, 5) is 28.5. The molecule has 0 aliphatic rings. The lowest BCUT2D eigenvalue weighted by Gasteiger charge is -2.32. The highest BCUT2D eigenvalue weighted by Gasteiger charge is 2.30. The molecule has 0 aliphatic carbocycles. The van der Waals surface area contributed by atoms with Crippen molar-refractivity contribution in [2.45, 2.75) is 45.7 Å². The molecule has 0 saturated carbocycles. The van der Waals surface area contributed by atoms with Gasteiger partial charge in [-0.25, -0.2) is 12.8 Å². The van der Waals surface area contributed by atoms with Crippen molar-refractivity contribution in [2.24, 2.45) is 0 Å². The third-order valence-electron chi connectivity index (χ3n) is 6.47. The number of ether oxygens (including phenoxy) is 1. The number of anilines is 1. The third-order valence-corrected chi connectivity index (χ3v) is 7.65. The van der Waals surface area contributed by atoms with E-state index in [2.05, 4.69) is 5.32 Å². The highest BCUT2D eigenvalue weighted by atomic mass is 32.2. The molecule has 2 amide bonds. The molecule has 0 aliphatic heterocycles. The number of hydrogen-bond acceptors (Lipinski definition) is 5. The molecule has 10 heteroatoms. The maximum absolute atomic E-state index is 13.8. The van der Waals surface area contributed by atoms with Crippen molar-refractivity contribution < 1.29 is 27.1 Å². The van der Waals surface area contributed by atoms with Crippen LogP contribution in [0.3, 0.4) is 0 Å². The summed E-state index contributed by atoms with van der Waals surface area (Å²) in [6.07, 6.45) is 1.61. The second-order valence-electron chi connectivity index (χ2n) is 9.59. The Kier molecular flexibility index (Phi) is 11.7. The van der Waals surface area contributed by atoms with Crippen LogP contribution in [0.5, 0.6) is 5.75 Å². The Bertz CT molecular complexity index is 1380. The van der Waals surface area contributed by atoms with E-state index in [1.807, 2.05) is 44.2 Å². The monoisotopic (exact) mass is 583 g/mol. The van der Waals surface area contributed by atoms with E-state index < -0.39 is 21.9 Å². The average molecular weight is 584 g/mol. The molecular formula is C31H38FN3O5S. The van der Waals surface area contributed by atoms with Gasteiger partial charge in [0.1, 0.15) is 17.6 Å². The molecule has 41 heavy (non-hydrogen) atoms. The van der Waals surface area contributed by atoms with Crippen molar-refractivity contribution in [2.75, 3.05) is 30.3 Å². The fraction of sp³-hybridized carbons (Fsp3) is 0.355. The van der Waals surface area contributed by atoms with Crippen LogP contribution in [-0.2, 0) is 32.6 Å². The van der Waals surface area contributed by atoms with E-state index in [0.29, 0.717) is 30.2 Å². The van der Waals surface area contributed by atoms with Crippen molar-refractivity contribution in [3.05, 3.63) is 95.8 Å². The Morgan fingerprint density at radius 1 is 0.927 bits per heavy atom. The molecule has 0 saturated heterocycles. The molecular weight excluding hydrogens is 545 g/mol. The summed E-state index contributed by atoms with van der Waals surface area (Å²) in [5.74, 6) is -0.573. The van der Waals surface area contributed by atoms with Crippen molar-refractivity contribution in [1.29, 1.82) is 0 Å². The summed E-state index contributed by atoms with van der Waals surface area (Å²) in [5, 5.41) is 2.84. The third kappa shape index (κ3) is 9.31. The standard InChI is InChI=1S/C31H38FN3O5S/c1-4-33-31(37)28(22-24-12-7-6-8-13-24)34(23-25-17-19-26(32)20-18-25)30(36)16-11-21-35(41(3,38)39)27-14-9-10-15-29(27)40-5-2/h6-10,12-15,17-20,28H,4-5,11,16,21-23H2,1-3H3,(H,33,37)/t28-/m1/s1. The SMILES string of the molecule is CCNC(=O)[C@@H](Cc1ccccc1)N(Cc1ccc(F)cc1)C(=O)CCCN(c1ccccc1OCC)S(C)(=O)=O. The quantitative estimate of drug-likeness (QED) is 0.283. The van der Waals surface area contributed by atoms with Crippen LogP contribution < -0.4 is 14.4 Å². The van der Waals surface area contributed by atoms with Crippen LogP contribution in [0.2, 0.25) is 0 Å². The first-order valence-electron chi connectivity index (χ1n) is 13.7. The Labute approximate surface area is 242 Å². The Hall–Kier alpha value is -3.92. The van der Waals surface area contributed by atoms with Gasteiger partial charge in [-0.05, 0) is 55.7 Å². The molecule has 0 fully saturated rings. The van der Waals surface area contributed by atoms with Crippen LogP contribution >= 0.6 is 0 Å². The predicted octanol–water partition coefficient (Wildman–Crippen LogP) is 4.55. The van der Waals surface area contributed by atoms with E-state index in [9.17, 15) is 22.4 Å². The number of nitrogens with one attached hydrogen (secondary N) is 1. The van der Waals surface area contributed by atoms with Gasteiger partial charge in [0.2, 0.25) is 21.8 Å².